The minimum Gasteiger partial charge on any atom is -0.633 e. The Balaban J connectivity index is 3.07. The highest BCUT2D eigenvalue weighted by atomic mass is 16.5. The van der Waals surface area contributed by atoms with Crippen LogP contribution >= 0.6 is 0 Å². The molecule has 0 fully saturated rings. The molecule has 0 saturated carbocycles. The molecule has 7 heteroatoms. The fraction of sp³-hybridized carbons (Fsp3) is 0.667. The van der Waals surface area contributed by atoms with Crippen LogP contribution in [0.4, 0.5) is 0 Å². The second kappa shape index (κ2) is 7.99. The van der Waals surface area contributed by atoms with Gasteiger partial charge in [-0.3, -0.25) is 0 Å². The van der Waals surface area contributed by atoms with Crippen molar-refractivity contribution in [1.82, 2.24) is 0 Å². The van der Waals surface area contributed by atoms with E-state index in [1.165, 1.54) is 0 Å². The molecule has 0 saturated heterocycles. The molecule has 0 heterocycles. The van der Waals surface area contributed by atoms with E-state index in [1.807, 2.05) is 12.1 Å². The van der Waals surface area contributed by atoms with E-state index in [4.69, 9.17) is 0 Å². The lowest BCUT2D eigenvalue weighted by Crippen LogP contribution is -2.35. The van der Waals surface area contributed by atoms with Gasteiger partial charge in [0.1, 0.15) is 5.75 Å². The Morgan fingerprint density at radius 2 is 1.00 bits per heavy atom. The molecule has 7 nitrogen and oxygen atoms in total. The third kappa shape index (κ3) is 9.15. The van der Waals surface area contributed by atoms with E-state index in [1.54, 1.807) is 42.3 Å². The molecule has 0 bridgehead atoms. The molecule has 0 aliphatic heterocycles. The second-order valence-electron chi connectivity index (χ2n) is 8.41. The molecule has 0 amide bonds. The third-order valence-corrected chi connectivity index (χ3v) is 4.11. The smallest absolute Gasteiger partial charge is 0.122 e. The summed E-state index contributed by atoms with van der Waals surface area (Å²) in [7, 11) is 9.45. The fourth-order valence-corrected chi connectivity index (χ4v) is 2.54. The van der Waals surface area contributed by atoms with E-state index in [-0.39, 0.29) is 10.4 Å². The Morgan fingerprint density at radius 1 is 0.680 bits per heavy atom. The van der Waals surface area contributed by atoms with Crippen molar-refractivity contribution >= 4 is 0 Å². The Kier molecular flexibility index (Phi) is 6.97. The average Bonchev–Trinajstić information content (AvgIpc) is 2.40. The number of benzene rings is 1. The molecular formula is C18H33N3O4. The van der Waals surface area contributed by atoms with Crippen molar-refractivity contribution in [3.05, 3.63) is 44.4 Å². The SMILES string of the molecule is C[N+](C)([O-])CCc1cc(CC[N+](C)(C)[O-])c(O)c(CC[N+](C)(C)[O-])c1. The predicted molar refractivity (Wildman–Crippen MR) is 100 cm³/mol. The Morgan fingerprint density at radius 3 is 1.32 bits per heavy atom. The number of quaternary nitrogens is 3. The lowest BCUT2D eigenvalue weighted by Gasteiger charge is -2.35. The topological polar surface area (TPSA) is 89.4 Å². The van der Waals surface area contributed by atoms with Crippen LogP contribution in [0.25, 0.3) is 0 Å². The van der Waals surface area contributed by atoms with E-state index in [0.717, 1.165) is 5.56 Å². The van der Waals surface area contributed by atoms with Gasteiger partial charge in [-0.2, -0.15) is 0 Å². The zero-order chi connectivity index (χ0) is 19.5. The van der Waals surface area contributed by atoms with E-state index >= 15 is 0 Å². The van der Waals surface area contributed by atoms with Gasteiger partial charge in [-0.1, -0.05) is 12.1 Å². The summed E-state index contributed by atoms with van der Waals surface area (Å²) in [5.41, 5.74) is 2.38. The standard InChI is InChI=1S/C18H33N3O4/c1-19(2,23)10-7-15-13-16(8-11-20(3,4)24)18(22)17(14-15)9-12-21(5,6)25/h13-14,22H,7-12H2,1-6H3. The number of hydrogen-bond donors (Lipinski definition) is 1. The molecule has 1 N–H and O–H groups in total. The van der Waals surface area contributed by atoms with Crippen LogP contribution in [0.2, 0.25) is 0 Å². The van der Waals surface area contributed by atoms with Gasteiger partial charge >= 0.3 is 0 Å². The Labute approximate surface area is 151 Å². The molecule has 0 aromatic heterocycles. The third-order valence-electron chi connectivity index (χ3n) is 4.11. The van der Waals surface area contributed by atoms with Crippen LogP contribution in [0, 0.1) is 15.6 Å². The highest BCUT2D eigenvalue weighted by Crippen LogP contribution is 2.27. The summed E-state index contributed by atoms with van der Waals surface area (Å²) in [5, 5.41) is 46.1. The monoisotopic (exact) mass is 355 g/mol. The largest absolute Gasteiger partial charge is 0.633 e. The van der Waals surface area contributed by atoms with Gasteiger partial charge in [-0.25, -0.2) is 0 Å². The number of hydrogen-bond acceptors (Lipinski definition) is 4. The number of nitrogens with zero attached hydrogens (tertiary/aromatic N) is 3. The maximum Gasteiger partial charge on any atom is 0.122 e. The molecule has 0 aliphatic carbocycles. The van der Waals surface area contributed by atoms with Crippen molar-refractivity contribution in [2.75, 3.05) is 61.9 Å². The van der Waals surface area contributed by atoms with Crippen LogP contribution < -0.4 is 0 Å². The molecule has 1 rings (SSSR count). The Hall–Kier alpha value is -1.22. The lowest BCUT2D eigenvalue weighted by molar-refractivity contribution is -0.839. The van der Waals surface area contributed by atoms with Gasteiger partial charge in [0, 0.05) is 30.4 Å². The van der Waals surface area contributed by atoms with Crippen molar-refractivity contribution in [3.8, 4) is 5.75 Å². The van der Waals surface area contributed by atoms with E-state index < -0.39 is 9.29 Å². The predicted octanol–water partition coefficient (Wildman–Crippen LogP) is 1.74. The number of phenols is 1. The van der Waals surface area contributed by atoms with Gasteiger partial charge in [0.05, 0.1) is 61.9 Å². The van der Waals surface area contributed by atoms with Gasteiger partial charge in [0.15, 0.2) is 0 Å². The van der Waals surface area contributed by atoms with Crippen molar-refractivity contribution < 1.29 is 19.0 Å². The van der Waals surface area contributed by atoms with Crippen molar-refractivity contribution in [3.63, 3.8) is 0 Å². The van der Waals surface area contributed by atoms with Crippen LogP contribution in [0.3, 0.4) is 0 Å². The summed E-state index contributed by atoms with van der Waals surface area (Å²) in [4.78, 5) is 0. The highest BCUT2D eigenvalue weighted by Gasteiger charge is 2.15. The number of likely N-dealkylation sites (N-methyl/N-ethyl adjacent to an activating group) is 3. The molecule has 25 heavy (non-hydrogen) atoms. The van der Waals surface area contributed by atoms with Crippen LogP contribution in [-0.2, 0) is 19.3 Å². The van der Waals surface area contributed by atoms with Crippen molar-refractivity contribution in [2.24, 2.45) is 0 Å². The maximum atomic E-state index is 11.8. The summed E-state index contributed by atoms with van der Waals surface area (Å²) in [6.45, 7) is 1.13. The van der Waals surface area contributed by atoms with Gasteiger partial charge in [0.2, 0.25) is 0 Å². The highest BCUT2D eigenvalue weighted by molar-refractivity contribution is 5.44. The average molecular weight is 355 g/mol. The number of rotatable bonds is 9. The molecule has 144 valence electrons. The van der Waals surface area contributed by atoms with Crippen LogP contribution in [-0.4, -0.2) is 81.0 Å². The molecule has 0 spiro atoms. The minimum atomic E-state index is -0.437. The van der Waals surface area contributed by atoms with Crippen molar-refractivity contribution in [2.45, 2.75) is 19.3 Å². The first-order valence-electron chi connectivity index (χ1n) is 8.62. The van der Waals surface area contributed by atoms with E-state index in [0.29, 0.717) is 50.0 Å². The summed E-state index contributed by atoms with van der Waals surface area (Å²) in [6, 6.07) is 3.75. The molecule has 0 radical (unpaired) electrons. The zero-order valence-corrected chi connectivity index (χ0v) is 16.4. The number of hydroxylamine groups is 9. The first kappa shape index (κ1) is 21.8. The molecule has 0 unspecified atom stereocenters. The Bertz CT molecular complexity index is 530. The second-order valence-corrected chi connectivity index (χ2v) is 8.41. The lowest BCUT2D eigenvalue weighted by atomic mass is 9.97. The normalized spacial score (nSPS) is 13.3. The molecular weight excluding hydrogens is 322 g/mol. The quantitative estimate of drug-likeness (QED) is 0.540. The maximum absolute atomic E-state index is 11.8. The number of phenolic OH excluding ortho intramolecular Hbond substituents is 1. The van der Waals surface area contributed by atoms with E-state index in [9.17, 15) is 20.7 Å². The summed E-state index contributed by atoms with van der Waals surface area (Å²) in [6.07, 6.45) is 1.49. The van der Waals surface area contributed by atoms with Crippen molar-refractivity contribution in [1.29, 1.82) is 0 Å². The molecule has 0 aliphatic rings. The van der Waals surface area contributed by atoms with E-state index in [2.05, 4.69) is 0 Å². The minimum absolute atomic E-state index is 0.168. The molecule has 1 aromatic rings. The van der Waals surface area contributed by atoms with Crippen LogP contribution in [0.15, 0.2) is 12.1 Å². The fourth-order valence-electron chi connectivity index (χ4n) is 2.54. The number of aromatic hydroxyl groups is 1. The van der Waals surface area contributed by atoms with Gasteiger partial charge in [-0.05, 0) is 5.56 Å². The first-order chi connectivity index (χ1) is 11.2. The van der Waals surface area contributed by atoms with Crippen LogP contribution in [0.5, 0.6) is 5.75 Å². The summed E-state index contributed by atoms with van der Waals surface area (Å²) in [5.74, 6) is 0.168. The van der Waals surface area contributed by atoms with Gasteiger partial charge in [-0.15, -0.1) is 0 Å². The molecule has 1 aromatic carbocycles. The summed E-state index contributed by atoms with van der Waals surface area (Å²) < 4.78 is -1.26. The van der Waals surface area contributed by atoms with Crippen LogP contribution in [0.1, 0.15) is 16.7 Å². The summed E-state index contributed by atoms with van der Waals surface area (Å²) >= 11 is 0. The zero-order valence-electron chi connectivity index (χ0n) is 16.4. The van der Waals surface area contributed by atoms with Gasteiger partial charge < -0.3 is 34.7 Å². The van der Waals surface area contributed by atoms with Gasteiger partial charge in [0.25, 0.3) is 0 Å². The first-order valence-corrected chi connectivity index (χ1v) is 8.62. The molecule has 0 atom stereocenters.